The summed E-state index contributed by atoms with van der Waals surface area (Å²) >= 11 is 0. The number of nitro groups is 1. The number of carboxylic acid groups (broad SMARTS) is 1. The minimum Gasteiger partial charge on any atom is -0.502 e. The average molecular weight is 210 g/mol. The van der Waals surface area contributed by atoms with Gasteiger partial charge in [-0.3, -0.25) is 10.1 Å². The maximum absolute atomic E-state index is 10.5. The fourth-order valence-electron chi connectivity index (χ4n) is 0.866. The van der Waals surface area contributed by atoms with Gasteiger partial charge in [0.05, 0.1) is 4.92 Å². The first-order chi connectivity index (χ1) is 7.02. The zero-order valence-corrected chi connectivity index (χ0v) is 7.32. The van der Waals surface area contributed by atoms with Gasteiger partial charge in [-0.1, -0.05) is 0 Å². The first-order valence-electron chi connectivity index (χ1n) is 3.75. The van der Waals surface area contributed by atoms with Crippen LogP contribution in [0.2, 0.25) is 0 Å². The number of aliphatic hydroxyl groups excluding tert-OH is 1. The molecule has 0 saturated heterocycles. The van der Waals surface area contributed by atoms with Gasteiger partial charge in [-0.15, -0.1) is 0 Å². The molecule has 0 bridgehead atoms. The van der Waals surface area contributed by atoms with E-state index >= 15 is 0 Å². The normalized spacial score (nSPS) is 11.1. The number of aromatic nitrogens is 1. The number of rotatable bonds is 3. The molecule has 1 heterocycles. The summed E-state index contributed by atoms with van der Waals surface area (Å²) in [6.45, 7) is 0. The van der Waals surface area contributed by atoms with Crippen LogP contribution in [0.4, 0.5) is 5.69 Å². The molecule has 0 aliphatic rings. The maximum Gasteiger partial charge on any atom is 0.371 e. The van der Waals surface area contributed by atoms with Gasteiger partial charge in [-0.2, -0.15) is 0 Å². The second-order valence-corrected chi connectivity index (χ2v) is 2.50. The quantitative estimate of drug-likeness (QED) is 0.332. The van der Waals surface area contributed by atoms with Crippen molar-refractivity contribution >= 4 is 17.7 Å². The highest BCUT2D eigenvalue weighted by Gasteiger charge is 2.14. The third kappa shape index (κ3) is 2.50. The molecule has 0 aromatic carbocycles. The Balaban J connectivity index is 3.20. The van der Waals surface area contributed by atoms with E-state index < -0.39 is 16.7 Å². The summed E-state index contributed by atoms with van der Waals surface area (Å²) in [6, 6.07) is 2.50. The maximum atomic E-state index is 10.5. The molecule has 0 saturated carbocycles. The fourth-order valence-corrected chi connectivity index (χ4v) is 0.866. The van der Waals surface area contributed by atoms with Crippen molar-refractivity contribution in [3.63, 3.8) is 0 Å². The number of pyridine rings is 1. The molecule has 7 heteroatoms. The van der Waals surface area contributed by atoms with Crippen molar-refractivity contribution in [1.82, 2.24) is 4.98 Å². The molecule has 0 fully saturated rings. The Hall–Kier alpha value is -2.44. The summed E-state index contributed by atoms with van der Waals surface area (Å²) in [6.07, 6.45) is 1.98. The number of carbonyl (C=O) groups is 1. The van der Waals surface area contributed by atoms with Gasteiger partial charge in [0.25, 0.3) is 5.69 Å². The van der Waals surface area contributed by atoms with Gasteiger partial charge in [0.2, 0.25) is 5.76 Å². The van der Waals surface area contributed by atoms with Crippen molar-refractivity contribution in [2.75, 3.05) is 0 Å². The van der Waals surface area contributed by atoms with E-state index in [0.29, 0.717) is 0 Å². The predicted molar refractivity (Wildman–Crippen MR) is 49.1 cm³/mol. The zero-order valence-electron chi connectivity index (χ0n) is 7.32. The van der Waals surface area contributed by atoms with Crippen LogP contribution in [0.15, 0.2) is 24.1 Å². The summed E-state index contributed by atoms with van der Waals surface area (Å²) in [5.74, 6) is -2.58. The van der Waals surface area contributed by atoms with Gasteiger partial charge in [-0.25, -0.2) is 9.78 Å². The van der Waals surface area contributed by atoms with Crippen molar-refractivity contribution < 1.29 is 19.9 Å². The van der Waals surface area contributed by atoms with Gasteiger partial charge in [0, 0.05) is 18.3 Å². The first kappa shape index (κ1) is 10.6. The van der Waals surface area contributed by atoms with Crippen LogP contribution in [-0.4, -0.2) is 26.1 Å². The Bertz CT molecular complexity index is 440. The third-order valence-electron chi connectivity index (χ3n) is 1.51. The number of aliphatic carboxylic acids is 1. The minimum atomic E-state index is -1.57. The standard InChI is InChI=1S/C8H6N2O5/c11-7(8(12)13)4-5-6(10(14)15)2-1-3-9-5/h1-4,11H,(H,12,13). The van der Waals surface area contributed by atoms with Crippen LogP contribution < -0.4 is 0 Å². The second kappa shape index (κ2) is 4.18. The third-order valence-corrected chi connectivity index (χ3v) is 1.51. The number of hydrogen-bond donors (Lipinski definition) is 2. The van der Waals surface area contributed by atoms with Crippen molar-refractivity contribution in [1.29, 1.82) is 0 Å². The van der Waals surface area contributed by atoms with E-state index in [9.17, 15) is 14.9 Å². The lowest BCUT2D eigenvalue weighted by Crippen LogP contribution is -2.00. The number of aliphatic hydroxyl groups is 1. The van der Waals surface area contributed by atoms with Gasteiger partial charge in [0.15, 0.2) is 0 Å². The summed E-state index contributed by atoms with van der Waals surface area (Å²) in [5, 5.41) is 27.7. The lowest BCUT2D eigenvalue weighted by Gasteiger charge is -1.96. The highest BCUT2D eigenvalue weighted by Crippen LogP contribution is 2.17. The molecule has 2 N–H and O–H groups in total. The van der Waals surface area contributed by atoms with Crippen LogP contribution in [0.3, 0.4) is 0 Å². The predicted octanol–water partition coefficient (Wildman–Crippen LogP) is 0.973. The van der Waals surface area contributed by atoms with Gasteiger partial charge in [0.1, 0.15) is 5.69 Å². The van der Waals surface area contributed by atoms with Crippen LogP contribution in [0.25, 0.3) is 6.08 Å². The fraction of sp³-hybridized carbons (Fsp3) is 0. The smallest absolute Gasteiger partial charge is 0.371 e. The molecule has 0 aliphatic carbocycles. The number of hydrogen-bond acceptors (Lipinski definition) is 5. The first-order valence-corrected chi connectivity index (χ1v) is 3.75. The molecular formula is C8H6N2O5. The molecule has 0 spiro atoms. The minimum absolute atomic E-state index is 0.206. The van der Waals surface area contributed by atoms with Crippen LogP contribution >= 0.6 is 0 Å². The molecular weight excluding hydrogens is 204 g/mol. The molecule has 15 heavy (non-hydrogen) atoms. The molecule has 0 amide bonds. The summed E-state index contributed by atoms with van der Waals surface area (Å²) < 4.78 is 0. The van der Waals surface area contributed by atoms with Crippen molar-refractivity contribution in [3.05, 3.63) is 39.9 Å². The topological polar surface area (TPSA) is 114 Å². The van der Waals surface area contributed by atoms with E-state index in [-0.39, 0.29) is 11.4 Å². The van der Waals surface area contributed by atoms with Crippen molar-refractivity contribution in [2.45, 2.75) is 0 Å². The highest BCUT2D eigenvalue weighted by molar-refractivity contribution is 5.89. The van der Waals surface area contributed by atoms with E-state index in [1.807, 2.05) is 0 Å². The van der Waals surface area contributed by atoms with Gasteiger partial charge >= 0.3 is 5.97 Å². The number of nitrogens with zero attached hydrogens (tertiary/aromatic N) is 2. The van der Waals surface area contributed by atoms with Gasteiger partial charge in [-0.05, 0) is 6.07 Å². The second-order valence-electron chi connectivity index (χ2n) is 2.50. The largest absolute Gasteiger partial charge is 0.502 e. The van der Waals surface area contributed by atoms with E-state index in [4.69, 9.17) is 10.2 Å². The molecule has 0 unspecified atom stereocenters. The Morgan fingerprint density at radius 3 is 2.73 bits per heavy atom. The van der Waals surface area contributed by atoms with E-state index in [1.165, 1.54) is 12.3 Å². The summed E-state index contributed by atoms with van der Waals surface area (Å²) in [7, 11) is 0. The van der Waals surface area contributed by atoms with Crippen molar-refractivity contribution in [3.8, 4) is 0 Å². The Morgan fingerprint density at radius 1 is 1.53 bits per heavy atom. The summed E-state index contributed by atoms with van der Waals surface area (Å²) in [4.78, 5) is 23.6. The van der Waals surface area contributed by atoms with Crippen LogP contribution in [0, 0.1) is 10.1 Å². The van der Waals surface area contributed by atoms with E-state index in [1.54, 1.807) is 0 Å². The highest BCUT2D eigenvalue weighted by atomic mass is 16.6. The lowest BCUT2D eigenvalue weighted by molar-refractivity contribution is -0.385. The molecule has 78 valence electrons. The Morgan fingerprint density at radius 2 is 2.20 bits per heavy atom. The van der Waals surface area contributed by atoms with Crippen LogP contribution in [0.1, 0.15) is 5.69 Å². The molecule has 1 aromatic heterocycles. The van der Waals surface area contributed by atoms with E-state index in [2.05, 4.69) is 4.98 Å². The SMILES string of the molecule is O=C(O)C(O)=Cc1ncccc1[N+](=O)[O-]. The molecule has 1 rings (SSSR count). The average Bonchev–Trinajstić information content (AvgIpc) is 2.18. The Labute approximate surface area is 83.5 Å². The lowest BCUT2D eigenvalue weighted by atomic mass is 10.2. The Kier molecular flexibility index (Phi) is 2.97. The van der Waals surface area contributed by atoms with Crippen molar-refractivity contribution in [2.24, 2.45) is 0 Å². The molecule has 0 radical (unpaired) electrons. The summed E-state index contributed by atoms with van der Waals surface area (Å²) in [5.41, 5.74) is -0.576. The van der Waals surface area contributed by atoms with Gasteiger partial charge < -0.3 is 10.2 Å². The molecule has 7 nitrogen and oxygen atoms in total. The molecule has 0 atom stereocenters. The van der Waals surface area contributed by atoms with E-state index in [0.717, 1.165) is 12.1 Å². The van der Waals surface area contributed by atoms with Crippen LogP contribution in [0.5, 0.6) is 0 Å². The monoisotopic (exact) mass is 210 g/mol. The molecule has 0 aliphatic heterocycles. The van der Waals surface area contributed by atoms with Crippen LogP contribution in [-0.2, 0) is 4.79 Å². The number of carboxylic acids is 1. The molecule has 1 aromatic rings. The zero-order chi connectivity index (χ0) is 11.4.